The number of fused-ring (bicyclic) bond motifs is 3. The number of aryl methyl sites for hydroxylation is 1. The van der Waals surface area contributed by atoms with Crippen molar-refractivity contribution in [1.29, 1.82) is 0 Å². The molecule has 4 aromatic carbocycles. The Morgan fingerprint density at radius 2 is 1.15 bits per heavy atom. The van der Waals surface area contributed by atoms with Gasteiger partial charge >= 0.3 is 276 Å². The van der Waals surface area contributed by atoms with Gasteiger partial charge in [0.2, 0.25) is 0 Å². The fourth-order valence-corrected chi connectivity index (χ4v) is 16.8. The molecule has 4 aromatic rings. The standard InChI is InChI=1S/C21H25.C13H13.C9H10.2ClH.Zr/c1-20(2,3)16-9-7-14-11-15-8-10-17(21(4,5)6)13-19(15)18(14)12-16;1-10-8-11(2)13(9-10)12-6-4-3-5-7-12;1-3-9-6-4-8(2)5-7-9;;;/h7-13H,1-6H3;3-7,9-10H,1-2H3;4-7H,1-2H3;2*1H;/q;;;;;+2/p-2. The van der Waals surface area contributed by atoms with Gasteiger partial charge in [0.25, 0.3) is 0 Å². The van der Waals surface area contributed by atoms with Crippen LogP contribution in [0.15, 0.2) is 106 Å². The second-order valence-corrected chi connectivity index (χ2v) is 21.8. The predicted octanol–water partition coefficient (Wildman–Crippen LogP) is 5.53. The molecule has 0 saturated carbocycles. The van der Waals surface area contributed by atoms with Gasteiger partial charge in [-0.3, -0.25) is 0 Å². The molecule has 0 bridgehead atoms. The Labute approximate surface area is 298 Å². The maximum Gasteiger partial charge on any atom is -1.00 e. The predicted molar refractivity (Wildman–Crippen MR) is 188 cm³/mol. The van der Waals surface area contributed by atoms with Crippen LogP contribution in [0.3, 0.4) is 0 Å². The molecule has 0 aromatic heterocycles. The van der Waals surface area contributed by atoms with E-state index < -0.39 is 21.3 Å². The quantitative estimate of drug-likeness (QED) is 0.260. The Morgan fingerprint density at radius 1 is 0.652 bits per heavy atom. The molecule has 238 valence electrons. The Balaban J connectivity index is 0.00000240. The van der Waals surface area contributed by atoms with Crippen molar-refractivity contribution < 1.29 is 46.1 Å². The molecule has 2 aliphatic rings. The smallest absolute Gasteiger partial charge is 1.00 e. The number of halogens is 2. The molecule has 0 amide bonds. The number of hydrogen-bond acceptors (Lipinski definition) is 0. The zero-order chi connectivity index (χ0) is 31.6. The van der Waals surface area contributed by atoms with Gasteiger partial charge in [-0.1, -0.05) is 0 Å². The van der Waals surface area contributed by atoms with Gasteiger partial charge in [0.05, 0.1) is 0 Å². The molecular formula is C43H48Cl2Zr. The Kier molecular flexibility index (Phi) is 10.9. The van der Waals surface area contributed by atoms with E-state index in [1.54, 1.807) is 17.6 Å². The molecule has 6 rings (SSSR count). The van der Waals surface area contributed by atoms with Crippen LogP contribution in [-0.2, 0) is 32.1 Å². The summed E-state index contributed by atoms with van der Waals surface area (Å²) in [6, 6.07) is 35.4. The van der Waals surface area contributed by atoms with Crippen LogP contribution in [0.2, 0.25) is 0 Å². The number of rotatable bonds is 4. The minimum atomic E-state index is -2.65. The first-order chi connectivity index (χ1) is 20.8. The van der Waals surface area contributed by atoms with Crippen molar-refractivity contribution in [3.05, 3.63) is 145 Å². The number of benzene rings is 4. The van der Waals surface area contributed by atoms with Crippen LogP contribution in [-0.4, -0.2) is 3.21 Å². The summed E-state index contributed by atoms with van der Waals surface area (Å²) in [5.41, 5.74) is 16.2. The Hall–Kier alpha value is -2.31. The second-order valence-electron chi connectivity index (χ2n) is 15.2. The van der Waals surface area contributed by atoms with Crippen molar-refractivity contribution in [2.45, 2.75) is 83.7 Å². The van der Waals surface area contributed by atoms with Gasteiger partial charge in [-0.05, 0) is 0 Å². The maximum absolute atomic E-state index is 2.65. The van der Waals surface area contributed by atoms with Crippen molar-refractivity contribution in [2.24, 2.45) is 5.92 Å². The molecule has 0 radical (unpaired) electrons. The van der Waals surface area contributed by atoms with Crippen LogP contribution in [0.4, 0.5) is 0 Å². The van der Waals surface area contributed by atoms with E-state index in [4.69, 9.17) is 0 Å². The second kappa shape index (κ2) is 13.7. The first kappa shape index (κ1) is 36.5. The van der Waals surface area contributed by atoms with E-state index >= 15 is 0 Å². The van der Waals surface area contributed by atoms with Crippen molar-refractivity contribution in [3.63, 3.8) is 0 Å². The average Bonchev–Trinajstić information content (AvgIpc) is 3.46. The van der Waals surface area contributed by atoms with Gasteiger partial charge in [-0.25, -0.2) is 0 Å². The van der Waals surface area contributed by atoms with Crippen molar-refractivity contribution >= 4 is 8.78 Å². The van der Waals surface area contributed by atoms with E-state index in [1.165, 1.54) is 50.1 Å². The number of allylic oxidation sites excluding steroid dienone is 4. The average molecular weight is 727 g/mol. The fraction of sp³-hybridized carbons (Fsp3) is 0.326. The summed E-state index contributed by atoms with van der Waals surface area (Å²) in [4.78, 5) is 0. The third kappa shape index (κ3) is 6.68. The minimum absolute atomic E-state index is 0. The van der Waals surface area contributed by atoms with Gasteiger partial charge in [-0.2, -0.15) is 0 Å². The molecule has 0 saturated heterocycles. The first-order valence-electron chi connectivity index (χ1n) is 16.3. The van der Waals surface area contributed by atoms with Crippen LogP contribution in [0.1, 0.15) is 105 Å². The van der Waals surface area contributed by atoms with E-state index in [-0.39, 0.29) is 35.6 Å². The third-order valence-electron chi connectivity index (χ3n) is 9.98. The summed E-state index contributed by atoms with van der Waals surface area (Å²) >= 11 is -2.65. The Bertz CT molecular complexity index is 1780. The van der Waals surface area contributed by atoms with Crippen LogP contribution < -0.4 is 24.8 Å². The summed E-state index contributed by atoms with van der Waals surface area (Å²) in [5, 5.41) is 0. The van der Waals surface area contributed by atoms with Crippen LogP contribution in [0, 0.1) is 12.8 Å². The molecule has 0 N–H and O–H groups in total. The molecular weight excluding hydrogens is 679 g/mol. The fourth-order valence-electron chi connectivity index (χ4n) is 7.35. The van der Waals surface area contributed by atoms with Crippen molar-refractivity contribution in [3.8, 4) is 11.1 Å². The topological polar surface area (TPSA) is 0 Å². The molecule has 1 atom stereocenters. The van der Waals surface area contributed by atoms with Crippen molar-refractivity contribution in [2.75, 3.05) is 0 Å². The van der Waals surface area contributed by atoms with Crippen LogP contribution in [0.5, 0.6) is 0 Å². The van der Waals surface area contributed by atoms with Gasteiger partial charge in [0, 0.05) is 0 Å². The normalized spacial score (nSPS) is 16.3. The molecule has 0 spiro atoms. The number of hydrogen-bond donors (Lipinski definition) is 0. The van der Waals surface area contributed by atoms with E-state index in [1.807, 2.05) is 0 Å². The van der Waals surface area contributed by atoms with E-state index in [0.29, 0.717) is 9.54 Å². The largest absolute Gasteiger partial charge is 1.00 e. The molecule has 3 heteroatoms. The summed E-state index contributed by atoms with van der Waals surface area (Å²) in [7, 11) is 0. The maximum atomic E-state index is 2.56. The molecule has 2 aliphatic carbocycles. The molecule has 46 heavy (non-hydrogen) atoms. The third-order valence-corrected chi connectivity index (χ3v) is 19.1. The zero-order valence-corrected chi connectivity index (χ0v) is 33.1. The van der Waals surface area contributed by atoms with Crippen LogP contribution in [0.25, 0.3) is 16.7 Å². The van der Waals surface area contributed by atoms with Gasteiger partial charge < -0.3 is 24.8 Å². The first-order valence-corrected chi connectivity index (χ1v) is 20.2. The monoisotopic (exact) mass is 724 g/mol. The Morgan fingerprint density at radius 3 is 1.63 bits per heavy atom. The van der Waals surface area contributed by atoms with Crippen LogP contribution >= 0.6 is 0 Å². The summed E-state index contributed by atoms with van der Waals surface area (Å²) in [5.74, 6) is 0.440. The molecule has 0 aliphatic heterocycles. The summed E-state index contributed by atoms with van der Waals surface area (Å²) in [6.45, 7) is 23.6. The van der Waals surface area contributed by atoms with Gasteiger partial charge in [0.1, 0.15) is 0 Å². The van der Waals surface area contributed by atoms with Gasteiger partial charge in [-0.15, -0.1) is 0 Å². The molecule has 0 fully saturated rings. The minimum Gasteiger partial charge on any atom is -1.00 e. The van der Waals surface area contributed by atoms with Gasteiger partial charge in [0.15, 0.2) is 0 Å². The molecule has 1 unspecified atom stereocenters. The molecule has 0 nitrogen and oxygen atoms in total. The van der Waals surface area contributed by atoms with E-state index in [9.17, 15) is 0 Å². The zero-order valence-electron chi connectivity index (χ0n) is 29.1. The van der Waals surface area contributed by atoms with Crippen molar-refractivity contribution in [1.82, 2.24) is 0 Å². The summed E-state index contributed by atoms with van der Waals surface area (Å²) < 4.78 is 3.86. The van der Waals surface area contributed by atoms with E-state index in [0.717, 1.165) is 0 Å². The van der Waals surface area contributed by atoms with E-state index in [2.05, 4.69) is 166 Å². The summed E-state index contributed by atoms with van der Waals surface area (Å²) in [6.07, 6.45) is 2.56. The molecule has 0 heterocycles. The SMILES string of the molecule is CC1=[C](/[Zr+2](=[C](\C)c2ccc(C)cc2)[CH]2c3ccc(C(C)(C)C)cc3-c3cc(C(C)(C)C)ccc32)C(C)C=C1c1ccccc1.[Cl-].[Cl-].